The molecule has 0 saturated heterocycles. The van der Waals surface area contributed by atoms with Gasteiger partial charge in [0.25, 0.3) is 5.91 Å². The Hall–Kier alpha value is -2.70. The van der Waals surface area contributed by atoms with E-state index < -0.39 is 11.7 Å². The van der Waals surface area contributed by atoms with E-state index >= 15 is 0 Å². The fraction of sp³-hybridized carbons (Fsp3) is 0.296. The van der Waals surface area contributed by atoms with E-state index in [0.717, 1.165) is 17.7 Å². The topological polar surface area (TPSA) is 32.3 Å². The molecule has 3 aromatic rings. The van der Waals surface area contributed by atoms with Gasteiger partial charge in [-0.1, -0.05) is 65.7 Å². The van der Waals surface area contributed by atoms with Crippen molar-refractivity contribution in [3.05, 3.63) is 98.5 Å². The quantitative estimate of drug-likeness (QED) is 0.328. The molecule has 4 rings (SSSR count). The lowest BCUT2D eigenvalue weighted by Gasteiger charge is -2.25. The second kappa shape index (κ2) is 10.5. The molecule has 184 valence electrons. The van der Waals surface area contributed by atoms with Crippen LogP contribution in [0.3, 0.4) is 0 Å². The summed E-state index contributed by atoms with van der Waals surface area (Å²) < 4.78 is 39.5. The van der Waals surface area contributed by atoms with Crippen LogP contribution >= 0.6 is 23.2 Å². The highest BCUT2D eigenvalue weighted by molar-refractivity contribution is 6.44. The summed E-state index contributed by atoms with van der Waals surface area (Å²) in [6.45, 7) is 0.491. The van der Waals surface area contributed by atoms with E-state index in [2.05, 4.69) is 17.4 Å². The molecule has 0 aromatic heterocycles. The number of alkyl halides is 3. The number of halogens is 5. The first-order chi connectivity index (χ1) is 16.7. The fourth-order valence-electron chi connectivity index (χ4n) is 4.08. The summed E-state index contributed by atoms with van der Waals surface area (Å²) in [4.78, 5) is 15.3. The minimum absolute atomic E-state index is 0.136. The van der Waals surface area contributed by atoms with E-state index in [-0.39, 0.29) is 41.0 Å². The van der Waals surface area contributed by atoms with Gasteiger partial charge in [-0.15, -0.1) is 0 Å². The maximum absolute atomic E-state index is 13.7. The molecule has 1 N–H and O–H groups in total. The highest BCUT2D eigenvalue weighted by atomic mass is 35.5. The lowest BCUT2D eigenvalue weighted by atomic mass is 10.0. The van der Waals surface area contributed by atoms with E-state index in [1.54, 1.807) is 30.1 Å². The van der Waals surface area contributed by atoms with Crippen molar-refractivity contribution in [1.82, 2.24) is 4.90 Å². The Kier molecular flexibility index (Phi) is 7.62. The zero-order chi connectivity index (χ0) is 25.2. The predicted octanol–water partition coefficient (Wildman–Crippen LogP) is 7.82. The Bertz CT molecular complexity index is 1210. The van der Waals surface area contributed by atoms with Gasteiger partial charge in [-0.05, 0) is 60.1 Å². The molecular formula is C27H25Cl2F3N2O. The maximum atomic E-state index is 13.7. The number of carbonyl (C=O) groups excluding carboxylic acids is 1. The number of hydrogen-bond acceptors (Lipinski definition) is 2. The molecule has 35 heavy (non-hydrogen) atoms. The van der Waals surface area contributed by atoms with Gasteiger partial charge in [0.1, 0.15) is 0 Å². The van der Waals surface area contributed by atoms with Gasteiger partial charge in [0.05, 0.1) is 21.2 Å². The minimum atomic E-state index is -4.43. The summed E-state index contributed by atoms with van der Waals surface area (Å²) >= 11 is 12.6. The molecule has 1 amide bonds. The Labute approximate surface area is 212 Å². The Morgan fingerprint density at radius 3 is 2.37 bits per heavy atom. The van der Waals surface area contributed by atoms with E-state index in [0.29, 0.717) is 17.2 Å². The van der Waals surface area contributed by atoms with Crippen LogP contribution in [0.1, 0.15) is 51.4 Å². The van der Waals surface area contributed by atoms with E-state index in [4.69, 9.17) is 23.2 Å². The highest BCUT2D eigenvalue weighted by Gasteiger charge is 2.30. The van der Waals surface area contributed by atoms with Crippen LogP contribution in [0.4, 0.5) is 18.9 Å². The van der Waals surface area contributed by atoms with Crippen molar-refractivity contribution in [2.75, 3.05) is 18.9 Å². The number of nitrogens with zero attached hydrogens (tertiary/aromatic N) is 1. The summed E-state index contributed by atoms with van der Waals surface area (Å²) in [5.41, 5.74) is 2.76. The summed E-state index contributed by atoms with van der Waals surface area (Å²) in [5.74, 6) is 0.270. The van der Waals surface area contributed by atoms with Gasteiger partial charge in [0.2, 0.25) is 0 Å². The molecule has 0 unspecified atom stereocenters. The second-order valence-electron chi connectivity index (χ2n) is 8.72. The Balaban J connectivity index is 1.62. The number of benzene rings is 3. The number of rotatable bonds is 8. The average molecular weight is 521 g/mol. The zero-order valence-electron chi connectivity index (χ0n) is 19.1. The number of hydrogen-bond donors (Lipinski definition) is 1. The second-order valence-corrected chi connectivity index (χ2v) is 9.51. The number of carbonyl (C=O) groups is 1. The normalized spacial score (nSPS) is 13.5. The van der Waals surface area contributed by atoms with Gasteiger partial charge in [-0.3, -0.25) is 4.79 Å². The van der Waals surface area contributed by atoms with Crippen molar-refractivity contribution < 1.29 is 18.0 Å². The molecule has 1 aliphatic carbocycles. The Morgan fingerprint density at radius 2 is 1.74 bits per heavy atom. The van der Waals surface area contributed by atoms with E-state index in [1.807, 2.05) is 12.1 Å². The lowest BCUT2D eigenvalue weighted by Crippen LogP contribution is -2.33. The third kappa shape index (κ3) is 6.11. The van der Waals surface area contributed by atoms with E-state index in [9.17, 15) is 18.0 Å². The van der Waals surface area contributed by atoms with Gasteiger partial charge in [0, 0.05) is 25.8 Å². The van der Waals surface area contributed by atoms with Gasteiger partial charge in [0.15, 0.2) is 0 Å². The average Bonchev–Trinajstić information content (AvgIpc) is 3.68. The van der Waals surface area contributed by atoms with Crippen LogP contribution in [0.15, 0.2) is 60.7 Å². The molecule has 0 atom stereocenters. The summed E-state index contributed by atoms with van der Waals surface area (Å²) in [5, 5.41) is 3.36. The third-order valence-corrected chi connectivity index (χ3v) is 7.00. The number of anilines is 1. The largest absolute Gasteiger partial charge is 0.416 e. The zero-order valence-corrected chi connectivity index (χ0v) is 20.6. The summed E-state index contributed by atoms with van der Waals surface area (Å²) in [7, 11) is 1.68. The Morgan fingerprint density at radius 1 is 1.03 bits per heavy atom. The molecule has 3 nitrogen and oxygen atoms in total. The van der Waals surface area contributed by atoms with Crippen molar-refractivity contribution in [3.8, 4) is 0 Å². The summed E-state index contributed by atoms with van der Waals surface area (Å²) in [6.07, 6.45) is -1.78. The fourth-order valence-corrected chi connectivity index (χ4v) is 4.48. The first-order valence-electron chi connectivity index (χ1n) is 11.4. The maximum Gasteiger partial charge on any atom is 0.416 e. The monoisotopic (exact) mass is 520 g/mol. The summed E-state index contributed by atoms with van der Waals surface area (Å²) in [6, 6.07) is 16.6. The van der Waals surface area contributed by atoms with Crippen LogP contribution in [-0.2, 0) is 19.1 Å². The molecule has 0 aliphatic heterocycles. The molecule has 0 heterocycles. The number of amides is 1. The molecule has 0 spiro atoms. The van der Waals surface area contributed by atoms with Crippen molar-refractivity contribution in [1.29, 1.82) is 0 Å². The van der Waals surface area contributed by atoms with Gasteiger partial charge >= 0.3 is 6.18 Å². The first kappa shape index (κ1) is 25.4. The molecule has 8 heteroatoms. The molecular weight excluding hydrogens is 496 g/mol. The van der Waals surface area contributed by atoms with Crippen LogP contribution < -0.4 is 5.32 Å². The van der Waals surface area contributed by atoms with Gasteiger partial charge in [-0.2, -0.15) is 13.2 Å². The standard InChI is InChI=1S/C27H25Cl2F3N2O/c1-33-23-12-11-22(28)25(29)24(23)26(35)34(16-18-5-7-19(8-6-18)20-9-10-20)14-13-17-3-2-4-21(15-17)27(30,31)32/h2-8,11-12,15,20,33H,9-10,13-14,16H2,1H3. The lowest BCUT2D eigenvalue weighted by molar-refractivity contribution is -0.137. The molecule has 0 bridgehead atoms. The first-order valence-corrected chi connectivity index (χ1v) is 12.1. The van der Waals surface area contributed by atoms with E-state index in [1.165, 1.54) is 24.5 Å². The molecule has 3 aromatic carbocycles. The van der Waals surface area contributed by atoms with Crippen molar-refractivity contribution in [2.45, 2.75) is 37.9 Å². The highest BCUT2D eigenvalue weighted by Crippen LogP contribution is 2.40. The van der Waals surface area contributed by atoms with Crippen LogP contribution in [0.5, 0.6) is 0 Å². The minimum Gasteiger partial charge on any atom is -0.387 e. The molecule has 0 radical (unpaired) electrons. The molecule has 1 aliphatic rings. The third-order valence-electron chi connectivity index (χ3n) is 6.19. The van der Waals surface area contributed by atoms with Crippen LogP contribution in [0.2, 0.25) is 10.0 Å². The molecule has 1 saturated carbocycles. The SMILES string of the molecule is CNc1ccc(Cl)c(Cl)c1C(=O)N(CCc1cccc(C(F)(F)F)c1)Cc1ccc(C2CC2)cc1. The van der Waals surface area contributed by atoms with Gasteiger partial charge in [-0.25, -0.2) is 0 Å². The van der Waals surface area contributed by atoms with Crippen LogP contribution in [0.25, 0.3) is 0 Å². The smallest absolute Gasteiger partial charge is 0.387 e. The van der Waals surface area contributed by atoms with Crippen molar-refractivity contribution in [2.24, 2.45) is 0 Å². The van der Waals surface area contributed by atoms with Gasteiger partial charge < -0.3 is 10.2 Å². The predicted molar refractivity (Wildman–Crippen MR) is 134 cm³/mol. The van der Waals surface area contributed by atoms with Crippen molar-refractivity contribution in [3.63, 3.8) is 0 Å². The van der Waals surface area contributed by atoms with Crippen molar-refractivity contribution >= 4 is 34.8 Å². The molecule has 1 fully saturated rings. The number of nitrogens with one attached hydrogen (secondary N) is 1. The van der Waals surface area contributed by atoms with Crippen LogP contribution in [0, 0.1) is 0 Å². The van der Waals surface area contributed by atoms with Crippen LogP contribution in [-0.4, -0.2) is 24.4 Å².